The van der Waals surface area contributed by atoms with Gasteiger partial charge in [0.25, 0.3) is 0 Å². The topological polar surface area (TPSA) is 55.4 Å². The van der Waals surface area contributed by atoms with Gasteiger partial charge in [-0.2, -0.15) is 0 Å². The van der Waals surface area contributed by atoms with Crippen LogP contribution >= 0.6 is 0 Å². The molecule has 0 radical (unpaired) electrons. The van der Waals surface area contributed by atoms with Crippen LogP contribution in [0.1, 0.15) is 57.8 Å². The van der Waals surface area contributed by atoms with Crippen LogP contribution in [-0.4, -0.2) is 19.0 Å². The van der Waals surface area contributed by atoms with Crippen LogP contribution in [-0.2, 0) is 9.53 Å². The Hall–Kier alpha value is -3.40. The lowest BCUT2D eigenvalue weighted by atomic mass is 9.52. The number of carbonyl (C=O) groups excluding carboxylic acids is 2. The molecule has 1 amide bonds. The van der Waals surface area contributed by atoms with Gasteiger partial charge >= 0.3 is 5.97 Å². The highest BCUT2D eigenvalue weighted by atomic mass is 16.5. The largest absolute Gasteiger partial charge is 0.465 e. The molecule has 1 N–H and O–H groups in total. The molecule has 6 rings (SSSR count). The van der Waals surface area contributed by atoms with E-state index < -0.39 is 11.4 Å². The molecule has 0 saturated carbocycles. The summed E-state index contributed by atoms with van der Waals surface area (Å²) in [5, 5.41) is 3.09. The molecule has 1 atom stereocenters. The summed E-state index contributed by atoms with van der Waals surface area (Å²) < 4.78 is 4.74. The van der Waals surface area contributed by atoms with Crippen molar-refractivity contribution in [2.24, 2.45) is 5.41 Å². The lowest BCUT2D eigenvalue weighted by Gasteiger charge is -2.50. The Morgan fingerprint density at radius 3 is 1.93 bits per heavy atom. The molecule has 30 heavy (non-hydrogen) atoms. The van der Waals surface area contributed by atoms with E-state index in [0.29, 0.717) is 11.3 Å². The average molecular weight is 397 g/mol. The number of nitrogens with one attached hydrogen (secondary N) is 1. The molecular weight excluding hydrogens is 374 g/mol. The van der Waals surface area contributed by atoms with Crippen LogP contribution in [0.3, 0.4) is 0 Å². The van der Waals surface area contributed by atoms with Gasteiger partial charge in [0.2, 0.25) is 5.91 Å². The smallest absolute Gasteiger partial charge is 0.337 e. The van der Waals surface area contributed by atoms with Gasteiger partial charge < -0.3 is 10.1 Å². The molecule has 3 aromatic rings. The maximum Gasteiger partial charge on any atom is 0.337 e. The number of anilines is 1. The van der Waals surface area contributed by atoms with Crippen molar-refractivity contribution in [2.75, 3.05) is 12.4 Å². The van der Waals surface area contributed by atoms with Gasteiger partial charge in [0.1, 0.15) is 0 Å². The fourth-order valence-electron chi connectivity index (χ4n) is 5.27. The number of carbonyl (C=O) groups is 2. The first-order valence-corrected chi connectivity index (χ1v) is 10.2. The molecule has 4 heteroatoms. The molecule has 0 fully saturated rings. The van der Waals surface area contributed by atoms with E-state index in [-0.39, 0.29) is 17.7 Å². The monoisotopic (exact) mass is 397 g/mol. The van der Waals surface area contributed by atoms with Gasteiger partial charge in [0.05, 0.1) is 18.1 Å². The molecule has 0 saturated heterocycles. The van der Waals surface area contributed by atoms with Crippen molar-refractivity contribution in [3.8, 4) is 0 Å². The number of benzene rings is 3. The number of rotatable bonds is 3. The molecule has 0 aliphatic heterocycles. The maximum atomic E-state index is 13.6. The Morgan fingerprint density at radius 2 is 1.40 bits per heavy atom. The third kappa shape index (κ3) is 2.67. The highest BCUT2D eigenvalue weighted by molar-refractivity contribution is 5.98. The molecule has 150 valence electrons. The van der Waals surface area contributed by atoms with E-state index in [0.717, 1.165) is 6.42 Å². The van der Waals surface area contributed by atoms with E-state index in [9.17, 15) is 9.59 Å². The highest BCUT2D eigenvalue weighted by Gasteiger charge is 2.53. The summed E-state index contributed by atoms with van der Waals surface area (Å²) in [6.07, 6.45) is 0.776. The highest BCUT2D eigenvalue weighted by Crippen LogP contribution is 2.61. The molecule has 2 bridgehead atoms. The van der Waals surface area contributed by atoms with Gasteiger partial charge in [-0.3, -0.25) is 4.79 Å². The fraction of sp³-hybridized carbons (Fsp3) is 0.231. The average Bonchev–Trinajstić information content (AvgIpc) is 2.79. The Balaban J connectivity index is 1.50. The van der Waals surface area contributed by atoms with Crippen molar-refractivity contribution in [1.82, 2.24) is 0 Å². The Morgan fingerprint density at radius 1 is 0.867 bits per heavy atom. The van der Waals surface area contributed by atoms with Crippen LogP contribution in [0.4, 0.5) is 5.69 Å². The maximum absolute atomic E-state index is 13.6. The van der Waals surface area contributed by atoms with E-state index in [2.05, 4.69) is 60.8 Å². The van der Waals surface area contributed by atoms with E-state index in [1.807, 2.05) is 0 Å². The van der Waals surface area contributed by atoms with Crippen LogP contribution < -0.4 is 5.32 Å². The number of esters is 1. The summed E-state index contributed by atoms with van der Waals surface area (Å²) in [5.41, 5.74) is 5.77. The second kappa shape index (κ2) is 6.84. The minimum atomic E-state index is -0.561. The van der Waals surface area contributed by atoms with Crippen molar-refractivity contribution < 1.29 is 14.3 Å². The second-order valence-electron chi connectivity index (χ2n) is 8.39. The van der Waals surface area contributed by atoms with Crippen molar-refractivity contribution in [2.45, 2.75) is 25.2 Å². The van der Waals surface area contributed by atoms with E-state index in [4.69, 9.17) is 4.74 Å². The van der Waals surface area contributed by atoms with Gasteiger partial charge in [-0.15, -0.1) is 0 Å². The molecule has 3 aliphatic carbocycles. The molecule has 3 aromatic carbocycles. The Labute approximate surface area is 175 Å². The molecule has 0 spiro atoms. The SMILES string of the molecule is COC(=O)c1ccc(NC(=O)C2(C)CC3c4ccccc4C2c2ccccc23)cc1. The Kier molecular flexibility index (Phi) is 4.24. The lowest BCUT2D eigenvalue weighted by Crippen LogP contribution is -2.47. The predicted octanol–water partition coefficient (Wildman–Crippen LogP) is 5.10. The van der Waals surface area contributed by atoms with Crippen molar-refractivity contribution in [1.29, 1.82) is 0 Å². The summed E-state index contributed by atoms with van der Waals surface area (Å²) in [7, 11) is 1.35. The zero-order chi connectivity index (χ0) is 20.9. The third-order valence-electron chi connectivity index (χ3n) is 6.71. The third-order valence-corrected chi connectivity index (χ3v) is 6.71. The van der Waals surface area contributed by atoms with E-state index in [1.54, 1.807) is 24.3 Å². The number of fused-ring (bicyclic) bond motifs is 1. The minimum absolute atomic E-state index is 0.00678. The van der Waals surface area contributed by atoms with Crippen molar-refractivity contribution >= 4 is 17.6 Å². The fourth-order valence-corrected chi connectivity index (χ4v) is 5.27. The van der Waals surface area contributed by atoms with Gasteiger partial charge in [-0.25, -0.2) is 4.79 Å². The zero-order valence-corrected chi connectivity index (χ0v) is 17.0. The predicted molar refractivity (Wildman–Crippen MR) is 116 cm³/mol. The molecule has 0 aromatic heterocycles. The van der Waals surface area contributed by atoms with Crippen LogP contribution in [0.5, 0.6) is 0 Å². The zero-order valence-electron chi connectivity index (χ0n) is 17.0. The van der Waals surface area contributed by atoms with Gasteiger partial charge in [0.15, 0.2) is 0 Å². The van der Waals surface area contributed by atoms with Gasteiger partial charge in [0, 0.05) is 17.5 Å². The quantitative estimate of drug-likeness (QED) is 0.626. The lowest BCUT2D eigenvalue weighted by molar-refractivity contribution is -0.126. The number of methoxy groups -OCH3 is 1. The first kappa shape index (κ1) is 18.6. The van der Waals surface area contributed by atoms with Crippen molar-refractivity contribution in [3.63, 3.8) is 0 Å². The normalized spacial score (nSPS) is 23.3. The standard InChI is InChI=1S/C26H23NO3/c1-26(25(29)27-17-13-11-16(12-14-17)24(28)30-2)15-22-18-7-3-5-9-20(18)23(26)21-10-6-4-8-19(21)22/h3-14,22-23H,15H2,1-2H3,(H,27,29). The van der Waals surface area contributed by atoms with Crippen LogP contribution in [0.15, 0.2) is 72.8 Å². The second-order valence-corrected chi connectivity index (χ2v) is 8.39. The molecule has 3 aliphatic rings. The Bertz CT molecular complexity index is 1100. The summed E-state index contributed by atoms with van der Waals surface area (Å²) in [6, 6.07) is 23.9. The molecule has 4 nitrogen and oxygen atoms in total. The van der Waals surface area contributed by atoms with Crippen LogP contribution in [0.2, 0.25) is 0 Å². The van der Waals surface area contributed by atoms with Crippen LogP contribution in [0.25, 0.3) is 0 Å². The summed E-state index contributed by atoms with van der Waals surface area (Å²) in [6.45, 7) is 2.08. The molecule has 1 unspecified atom stereocenters. The number of ether oxygens (including phenoxy) is 1. The number of hydrogen-bond acceptors (Lipinski definition) is 3. The molecular formula is C26H23NO3. The van der Waals surface area contributed by atoms with Crippen LogP contribution in [0, 0.1) is 5.41 Å². The number of hydrogen-bond donors (Lipinski definition) is 1. The number of amides is 1. The molecule has 0 heterocycles. The van der Waals surface area contributed by atoms with Gasteiger partial charge in [-0.1, -0.05) is 48.5 Å². The summed E-state index contributed by atoms with van der Waals surface area (Å²) in [5.74, 6) is -0.144. The van der Waals surface area contributed by atoms with E-state index in [1.165, 1.54) is 29.4 Å². The summed E-state index contributed by atoms with van der Waals surface area (Å²) in [4.78, 5) is 25.2. The summed E-state index contributed by atoms with van der Waals surface area (Å²) >= 11 is 0. The minimum Gasteiger partial charge on any atom is -0.465 e. The van der Waals surface area contributed by atoms with Gasteiger partial charge in [-0.05, 0) is 59.9 Å². The first-order chi connectivity index (χ1) is 14.5. The van der Waals surface area contributed by atoms with Crippen molar-refractivity contribution in [3.05, 3.63) is 101 Å². The van der Waals surface area contributed by atoms with E-state index >= 15 is 0 Å². The first-order valence-electron chi connectivity index (χ1n) is 10.2.